The summed E-state index contributed by atoms with van der Waals surface area (Å²) in [7, 11) is 4.84. The molecular formula is C16H27NO4. The first-order valence-electron chi connectivity index (χ1n) is 7.11. The van der Waals surface area contributed by atoms with Crippen molar-refractivity contribution in [2.24, 2.45) is 0 Å². The van der Waals surface area contributed by atoms with E-state index in [1.54, 1.807) is 21.3 Å². The lowest BCUT2D eigenvalue weighted by Crippen LogP contribution is -2.37. The Morgan fingerprint density at radius 3 is 2.00 bits per heavy atom. The summed E-state index contributed by atoms with van der Waals surface area (Å²) in [6.45, 7) is 8.31. The highest BCUT2D eigenvalue weighted by Crippen LogP contribution is 2.38. The fourth-order valence-electron chi connectivity index (χ4n) is 2.19. The molecule has 0 aliphatic rings. The third-order valence-corrected chi connectivity index (χ3v) is 3.14. The molecule has 21 heavy (non-hydrogen) atoms. The fourth-order valence-corrected chi connectivity index (χ4v) is 2.19. The van der Waals surface area contributed by atoms with Gasteiger partial charge in [-0.2, -0.15) is 0 Å². The zero-order valence-electron chi connectivity index (χ0n) is 13.9. The first-order chi connectivity index (χ1) is 9.97. The van der Waals surface area contributed by atoms with Crippen LogP contribution in [0.4, 0.5) is 0 Å². The molecule has 0 bridgehead atoms. The second-order valence-corrected chi connectivity index (χ2v) is 5.33. The molecule has 0 aliphatic carbocycles. The second-order valence-electron chi connectivity index (χ2n) is 5.33. The average molecular weight is 297 g/mol. The third kappa shape index (κ3) is 5.10. The number of nitrogens with one attached hydrogen (secondary N) is 1. The van der Waals surface area contributed by atoms with Gasteiger partial charge in [0.05, 0.1) is 26.9 Å². The SMILES string of the molecule is CCOC(C)(C)CNCc1cc(OC)c(OC)c(OC)c1. The first-order valence-corrected chi connectivity index (χ1v) is 7.11. The van der Waals surface area contributed by atoms with E-state index in [0.717, 1.165) is 12.1 Å². The molecule has 0 atom stereocenters. The minimum atomic E-state index is -0.185. The van der Waals surface area contributed by atoms with Crippen molar-refractivity contribution < 1.29 is 18.9 Å². The van der Waals surface area contributed by atoms with Crippen LogP contribution < -0.4 is 19.5 Å². The maximum atomic E-state index is 5.66. The van der Waals surface area contributed by atoms with Crippen molar-refractivity contribution in [1.29, 1.82) is 0 Å². The van der Waals surface area contributed by atoms with Gasteiger partial charge in [0.15, 0.2) is 11.5 Å². The molecule has 0 aliphatic heterocycles. The summed E-state index contributed by atoms with van der Waals surface area (Å²) in [6, 6.07) is 3.89. The molecule has 1 rings (SSSR count). The normalized spacial score (nSPS) is 11.3. The molecule has 1 N–H and O–H groups in total. The molecule has 5 heteroatoms. The zero-order valence-corrected chi connectivity index (χ0v) is 13.9. The summed E-state index contributed by atoms with van der Waals surface area (Å²) in [5, 5.41) is 3.39. The van der Waals surface area contributed by atoms with Gasteiger partial charge >= 0.3 is 0 Å². The van der Waals surface area contributed by atoms with E-state index in [4.69, 9.17) is 18.9 Å². The van der Waals surface area contributed by atoms with Gasteiger partial charge in [0.2, 0.25) is 5.75 Å². The Hall–Kier alpha value is -1.46. The van der Waals surface area contributed by atoms with E-state index < -0.39 is 0 Å². The standard InChI is InChI=1S/C16H27NO4/c1-7-21-16(2,3)11-17-10-12-8-13(18-4)15(20-6)14(9-12)19-5/h8-9,17H,7,10-11H2,1-6H3. The van der Waals surface area contributed by atoms with Gasteiger partial charge < -0.3 is 24.3 Å². The van der Waals surface area contributed by atoms with E-state index in [1.807, 2.05) is 19.1 Å². The van der Waals surface area contributed by atoms with Gasteiger partial charge in [0.25, 0.3) is 0 Å². The van der Waals surface area contributed by atoms with E-state index in [9.17, 15) is 0 Å². The van der Waals surface area contributed by atoms with E-state index in [2.05, 4.69) is 19.2 Å². The number of rotatable bonds is 9. The molecule has 1 aromatic rings. The van der Waals surface area contributed by atoms with Gasteiger partial charge in [-0.25, -0.2) is 0 Å². The van der Waals surface area contributed by atoms with Crippen LogP contribution in [-0.2, 0) is 11.3 Å². The highest BCUT2D eigenvalue weighted by Gasteiger charge is 2.17. The van der Waals surface area contributed by atoms with E-state index in [0.29, 0.717) is 30.4 Å². The summed E-state index contributed by atoms with van der Waals surface area (Å²) in [5.41, 5.74) is 0.881. The summed E-state index contributed by atoms with van der Waals surface area (Å²) in [4.78, 5) is 0. The van der Waals surface area contributed by atoms with Crippen molar-refractivity contribution >= 4 is 0 Å². The molecule has 0 radical (unpaired) electrons. The van der Waals surface area contributed by atoms with Crippen LogP contribution in [0.25, 0.3) is 0 Å². The van der Waals surface area contributed by atoms with Crippen LogP contribution >= 0.6 is 0 Å². The number of methoxy groups -OCH3 is 3. The van der Waals surface area contributed by atoms with E-state index in [1.165, 1.54) is 0 Å². The molecule has 0 amide bonds. The average Bonchev–Trinajstić information content (AvgIpc) is 2.45. The minimum absolute atomic E-state index is 0.185. The van der Waals surface area contributed by atoms with Crippen LogP contribution in [0.15, 0.2) is 12.1 Å². The van der Waals surface area contributed by atoms with Crippen molar-refractivity contribution in [3.8, 4) is 17.2 Å². The van der Waals surface area contributed by atoms with Gasteiger partial charge in [-0.3, -0.25) is 0 Å². The van der Waals surface area contributed by atoms with Crippen LogP contribution in [-0.4, -0.2) is 40.1 Å². The lowest BCUT2D eigenvalue weighted by molar-refractivity contribution is -0.00897. The monoisotopic (exact) mass is 297 g/mol. The quantitative estimate of drug-likeness (QED) is 0.759. The molecule has 0 spiro atoms. The molecule has 1 aromatic carbocycles. The molecule has 120 valence electrons. The summed E-state index contributed by atoms with van der Waals surface area (Å²) in [5.74, 6) is 1.94. The molecule has 0 saturated carbocycles. The Balaban J connectivity index is 2.76. The van der Waals surface area contributed by atoms with Crippen molar-refractivity contribution in [1.82, 2.24) is 5.32 Å². The first kappa shape index (κ1) is 17.6. The summed E-state index contributed by atoms with van der Waals surface area (Å²) >= 11 is 0. The van der Waals surface area contributed by atoms with Gasteiger partial charge in [0.1, 0.15) is 0 Å². The fraction of sp³-hybridized carbons (Fsp3) is 0.625. The lowest BCUT2D eigenvalue weighted by Gasteiger charge is -2.25. The number of benzene rings is 1. The molecule has 0 unspecified atom stereocenters. The van der Waals surface area contributed by atoms with Gasteiger partial charge in [-0.05, 0) is 38.5 Å². The number of hydrogen-bond donors (Lipinski definition) is 1. The predicted molar refractivity (Wildman–Crippen MR) is 83.5 cm³/mol. The maximum Gasteiger partial charge on any atom is 0.203 e. The van der Waals surface area contributed by atoms with Crippen LogP contribution in [0.5, 0.6) is 17.2 Å². The van der Waals surface area contributed by atoms with Gasteiger partial charge in [0, 0.05) is 19.7 Å². The molecule has 0 saturated heterocycles. The smallest absolute Gasteiger partial charge is 0.203 e. The summed E-state index contributed by atoms with van der Waals surface area (Å²) < 4.78 is 21.7. The predicted octanol–water partition coefficient (Wildman–Crippen LogP) is 2.62. The second kappa shape index (κ2) is 8.10. The largest absolute Gasteiger partial charge is 0.493 e. The van der Waals surface area contributed by atoms with E-state index in [-0.39, 0.29) is 5.60 Å². The van der Waals surface area contributed by atoms with Crippen molar-refractivity contribution in [2.75, 3.05) is 34.5 Å². The summed E-state index contributed by atoms with van der Waals surface area (Å²) in [6.07, 6.45) is 0. The molecule has 0 heterocycles. The topological polar surface area (TPSA) is 49.0 Å². The van der Waals surface area contributed by atoms with Crippen LogP contribution in [0.3, 0.4) is 0 Å². The van der Waals surface area contributed by atoms with E-state index >= 15 is 0 Å². The number of hydrogen-bond acceptors (Lipinski definition) is 5. The molecule has 0 fully saturated rings. The van der Waals surface area contributed by atoms with Crippen molar-refractivity contribution in [3.63, 3.8) is 0 Å². The Kier molecular flexibility index (Phi) is 6.78. The Morgan fingerprint density at radius 1 is 1.00 bits per heavy atom. The third-order valence-electron chi connectivity index (χ3n) is 3.14. The Labute approximate surface area is 127 Å². The molecular weight excluding hydrogens is 270 g/mol. The number of ether oxygens (including phenoxy) is 4. The van der Waals surface area contributed by atoms with Gasteiger partial charge in [-0.1, -0.05) is 0 Å². The molecule has 5 nitrogen and oxygen atoms in total. The van der Waals surface area contributed by atoms with Crippen LogP contribution in [0, 0.1) is 0 Å². The van der Waals surface area contributed by atoms with Crippen molar-refractivity contribution in [2.45, 2.75) is 32.9 Å². The highest BCUT2D eigenvalue weighted by molar-refractivity contribution is 5.53. The highest BCUT2D eigenvalue weighted by atomic mass is 16.5. The molecule has 0 aromatic heterocycles. The van der Waals surface area contributed by atoms with Crippen LogP contribution in [0.1, 0.15) is 26.3 Å². The Bertz CT molecular complexity index is 421. The van der Waals surface area contributed by atoms with Crippen molar-refractivity contribution in [3.05, 3.63) is 17.7 Å². The minimum Gasteiger partial charge on any atom is -0.493 e. The maximum absolute atomic E-state index is 5.66. The van der Waals surface area contributed by atoms with Gasteiger partial charge in [-0.15, -0.1) is 0 Å². The Morgan fingerprint density at radius 2 is 1.57 bits per heavy atom. The lowest BCUT2D eigenvalue weighted by atomic mass is 10.1. The van der Waals surface area contributed by atoms with Crippen LogP contribution in [0.2, 0.25) is 0 Å². The zero-order chi connectivity index (χ0) is 15.9.